The number of nitro groups is 1. The van der Waals surface area contributed by atoms with E-state index in [9.17, 15) is 19.3 Å². The van der Waals surface area contributed by atoms with Crippen molar-refractivity contribution in [2.45, 2.75) is 0 Å². The lowest BCUT2D eigenvalue weighted by Crippen LogP contribution is -2.14. The number of non-ortho nitro benzene ring substituents is 1. The lowest BCUT2D eigenvalue weighted by atomic mass is 10.2. The number of nitrogens with one attached hydrogen (secondary N) is 2. The predicted octanol–water partition coefficient (Wildman–Crippen LogP) is 3.19. The van der Waals surface area contributed by atoms with E-state index in [1.165, 1.54) is 42.5 Å². The number of nitro benzene ring substituents is 1. The molecule has 2 aromatic rings. The Kier molecular flexibility index (Phi) is 5.20. The van der Waals surface area contributed by atoms with E-state index in [0.717, 1.165) is 6.20 Å². The highest BCUT2D eigenvalue weighted by Crippen LogP contribution is 2.16. The molecule has 0 fully saturated rings. The van der Waals surface area contributed by atoms with Crippen LogP contribution in [-0.4, -0.2) is 10.8 Å². The van der Waals surface area contributed by atoms with Crippen molar-refractivity contribution in [3.63, 3.8) is 0 Å². The molecule has 0 bridgehead atoms. The zero-order valence-corrected chi connectivity index (χ0v) is 12.2. The molecule has 0 spiro atoms. The number of hydrogen-bond acceptors (Lipinski definition) is 5. The topological polar surface area (TPSA) is 108 Å². The largest absolute Gasteiger partial charge is 0.358 e. The van der Waals surface area contributed by atoms with Crippen molar-refractivity contribution in [1.82, 2.24) is 0 Å². The van der Waals surface area contributed by atoms with Crippen LogP contribution in [-0.2, 0) is 4.79 Å². The maximum absolute atomic E-state index is 13.5. The highest BCUT2D eigenvalue weighted by molar-refractivity contribution is 6.06. The van der Waals surface area contributed by atoms with Crippen LogP contribution in [0.15, 0.2) is 60.3 Å². The molecule has 7 nitrogen and oxygen atoms in total. The highest BCUT2D eigenvalue weighted by Gasteiger charge is 2.11. The molecule has 0 aliphatic carbocycles. The fourth-order valence-corrected chi connectivity index (χ4v) is 1.74. The van der Waals surface area contributed by atoms with Crippen LogP contribution >= 0.6 is 0 Å². The molecule has 2 rings (SSSR count). The number of anilines is 2. The van der Waals surface area contributed by atoms with Crippen LogP contribution in [0.25, 0.3) is 0 Å². The molecule has 8 heteroatoms. The number of nitrogens with zero attached hydrogens (tertiary/aromatic N) is 2. The maximum Gasteiger partial charge on any atom is 0.269 e. The van der Waals surface area contributed by atoms with Crippen LogP contribution in [0.3, 0.4) is 0 Å². The third-order valence-electron chi connectivity index (χ3n) is 2.95. The molecule has 0 atom stereocenters. The Bertz CT molecular complexity index is 841. The number of carbonyl (C=O) groups is 1. The lowest BCUT2D eigenvalue weighted by molar-refractivity contribution is -0.384. The van der Waals surface area contributed by atoms with Gasteiger partial charge in [0.15, 0.2) is 0 Å². The lowest BCUT2D eigenvalue weighted by Gasteiger charge is -2.05. The molecule has 0 aromatic heterocycles. The minimum atomic E-state index is -0.727. The Labute approximate surface area is 136 Å². The second kappa shape index (κ2) is 7.51. The first-order valence-corrected chi connectivity index (χ1v) is 6.68. The van der Waals surface area contributed by atoms with Crippen molar-refractivity contribution in [1.29, 1.82) is 5.26 Å². The minimum absolute atomic E-state index is 0.119. The zero-order valence-electron chi connectivity index (χ0n) is 12.2. The predicted molar refractivity (Wildman–Crippen MR) is 85.4 cm³/mol. The van der Waals surface area contributed by atoms with E-state index in [1.54, 1.807) is 12.1 Å². The van der Waals surface area contributed by atoms with Gasteiger partial charge in [-0.1, -0.05) is 12.1 Å². The van der Waals surface area contributed by atoms with Crippen LogP contribution < -0.4 is 10.6 Å². The summed E-state index contributed by atoms with van der Waals surface area (Å²) in [6, 6.07) is 12.6. The molecule has 0 saturated carbocycles. The van der Waals surface area contributed by atoms with Gasteiger partial charge in [0.1, 0.15) is 17.5 Å². The number of para-hydroxylation sites is 1. The summed E-state index contributed by atoms with van der Waals surface area (Å²) in [6.07, 6.45) is 1.08. The van der Waals surface area contributed by atoms with Crippen LogP contribution in [0, 0.1) is 27.3 Å². The fraction of sp³-hybridized carbons (Fsp3) is 0. The zero-order chi connectivity index (χ0) is 17.5. The average Bonchev–Trinajstić information content (AvgIpc) is 2.57. The van der Waals surface area contributed by atoms with Gasteiger partial charge < -0.3 is 10.6 Å². The summed E-state index contributed by atoms with van der Waals surface area (Å²) >= 11 is 0. The molecule has 0 radical (unpaired) electrons. The van der Waals surface area contributed by atoms with Gasteiger partial charge in [-0.25, -0.2) is 4.39 Å². The van der Waals surface area contributed by atoms with Crippen LogP contribution in [0.2, 0.25) is 0 Å². The summed E-state index contributed by atoms with van der Waals surface area (Å²) in [5, 5.41) is 24.6. The molecule has 120 valence electrons. The van der Waals surface area contributed by atoms with Gasteiger partial charge in [0.2, 0.25) is 0 Å². The van der Waals surface area contributed by atoms with Crippen LogP contribution in [0.1, 0.15) is 0 Å². The van der Waals surface area contributed by atoms with E-state index >= 15 is 0 Å². The van der Waals surface area contributed by atoms with Gasteiger partial charge in [-0.15, -0.1) is 0 Å². The van der Waals surface area contributed by atoms with Crippen LogP contribution in [0.4, 0.5) is 21.5 Å². The van der Waals surface area contributed by atoms with Gasteiger partial charge in [0, 0.05) is 24.0 Å². The Morgan fingerprint density at radius 3 is 2.46 bits per heavy atom. The maximum atomic E-state index is 13.5. The number of halogens is 1. The van der Waals surface area contributed by atoms with Gasteiger partial charge in [-0.05, 0) is 24.3 Å². The Hall–Kier alpha value is -3.73. The van der Waals surface area contributed by atoms with E-state index in [2.05, 4.69) is 10.6 Å². The molecule has 2 aromatic carbocycles. The molecule has 0 aliphatic heterocycles. The van der Waals surface area contributed by atoms with Crippen molar-refractivity contribution in [2.24, 2.45) is 0 Å². The first-order valence-electron chi connectivity index (χ1n) is 6.68. The SMILES string of the molecule is N#C/C(=C/Nc1ccccc1F)C(=O)Nc1ccc([N+](=O)[O-])cc1. The number of nitriles is 1. The molecule has 0 unspecified atom stereocenters. The number of benzene rings is 2. The Morgan fingerprint density at radius 1 is 1.21 bits per heavy atom. The first-order chi connectivity index (χ1) is 11.5. The number of amides is 1. The van der Waals surface area contributed by atoms with Crippen molar-refractivity contribution in [3.8, 4) is 6.07 Å². The third-order valence-corrected chi connectivity index (χ3v) is 2.95. The Balaban J connectivity index is 2.08. The third kappa shape index (κ3) is 4.14. The van der Waals surface area contributed by atoms with Crippen molar-refractivity contribution < 1.29 is 14.1 Å². The summed E-state index contributed by atoms with van der Waals surface area (Å²) in [7, 11) is 0. The smallest absolute Gasteiger partial charge is 0.269 e. The molecule has 0 aliphatic rings. The van der Waals surface area contributed by atoms with E-state index in [-0.39, 0.29) is 22.6 Å². The monoisotopic (exact) mass is 326 g/mol. The average molecular weight is 326 g/mol. The highest BCUT2D eigenvalue weighted by atomic mass is 19.1. The molecule has 0 heterocycles. The summed E-state index contributed by atoms with van der Waals surface area (Å²) in [5.74, 6) is -1.25. The van der Waals surface area contributed by atoms with Crippen molar-refractivity contribution in [2.75, 3.05) is 10.6 Å². The second-order valence-corrected chi connectivity index (χ2v) is 4.55. The van der Waals surface area contributed by atoms with E-state index in [0.29, 0.717) is 0 Å². The van der Waals surface area contributed by atoms with Crippen LogP contribution in [0.5, 0.6) is 0 Å². The molecule has 2 N–H and O–H groups in total. The van der Waals surface area contributed by atoms with Crippen molar-refractivity contribution in [3.05, 3.63) is 76.2 Å². The van der Waals surface area contributed by atoms with Crippen molar-refractivity contribution >= 4 is 23.0 Å². The second-order valence-electron chi connectivity index (χ2n) is 4.55. The summed E-state index contributed by atoms with van der Waals surface area (Å²) in [6.45, 7) is 0. The number of hydrogen-bond donors (Lipinski definition) is 2. The van der Waals surface area contributed by atoms with Gasteiger partial charge >= 0.3 is 0 Å². The molecular formula is C16H11FN4O3. The fourth-order valence-electron chi connectivity index (χ4n) is 1.74. The van der Waals surface area contributed by atoms with Gasteiger partial charge in [0.25, 0.3) is 11.6 Å². The number of carbonyl (C=O) groups excluding carboxylic acids is 1. The molecule has 0 saturated heterocycles. The minimum Gasteiger partial charge on any atom is -0.358 e. The number of rotatable bonds is 5. The quantitative estimate of drug-likeness (QED) is 0.380. The molecule has 1 amide bonds. The summed E-state index contributed by atoms with van der Waals surface area (Å²) < 4.78 is 13.5. The summed E-state index contributed by atoms with van der Waals surface area (Å²) in [4.78, 5) is 22.0. The van der Waals surface area contributed by atoms with E-state index in [1.807, 2.05) is 0 Å². The molecule has 24 heavy (non-hydrogen) atoms. The molecular weight excluding hydrogens is 315 g/mol. The standard InChI is InChI=1S/C16H11FN4O3/c17-14-3-1-2-4-15(14)19-10-11(9-18)16(22)20-12-5-7-13(8-6-12)21(23)24/h1-8,10,19H,(H,20,22)/b11-10-. The summed E-state index contributed by atoms with van der Waals surface area (Å²) in [5.41, 5.74) is 0.00732. The first kappa shape index (κ1) is 16.6. The van der Waals surface area contributed by atoms with Gasteiger partial charge in [-0.2, -0.15) is 5.26 Å². The van der Waals surface area contributed by atoms with E-state index < -0.39 is 16.6 Å². The van der Waals surface area contributed by atoms with Gasteiger partial charge in [0.05, 0.1) is 10.6 Å². The van der Waals surface area contributed by atoms with E-state index in [4.69, 9.17) is 5.26 Å². The van der Waals surface area contributed by atoms with Gasteiger partial charge in [-0.3, -0.25) is 14.9 Å². The normalized spacial score (nSPS) is 10.6. The Morgan fingerprint density at radius 2 is 1.88 bits per heavy atom.